The average molecular weight is 647 g/mol. The molecule has 0 saturated carbocycles. The predicted molar refractivity (Wildman–Crippen MR) is 214 cm³/mol. The fourth-order valence-electron chi connectivity index (χ4n) is 8.06. The summed E-state index contributed by atoms with van der Waals surface area (Å²) in [6.45, 7) is 37.7. The summed E-state index contributed by atoms with van der Waals surface area (Å²) < 4.78 is 0. The Morgan fingerprint density at radius 3 is 1.17 bits per heavy atom. The first-order valence-electron chi connectivity index (χ1n) is 19.1. The third-order valence-corrected chi connectivity index (χ3v) is 11.0. The number of benzene rings is 3. The number of piperidine rings is 1. The molecule has 3 heteroatoms. The maximum atomic E-state index is 5.69. The Labute approximate surface area is 296 Å². The second kappa shape index (κ2) is 14.7. The van der Waals surface area contributed by atoms with Crippen LogP contribution in [0.3, 0.4) is 0 Å². The summed E-state index contributed by atoms with van der Waals surface area (Å²) in [5.41, 5.74) is 15.0. The van der Waals surface area contributed by atoms with Crippen molar-refractivity contribution in [3.05, 3.63) is 75.8 Å². The standard InChI is InChI=1S/C45H67BN2/c1-27(2)33-23-37(29(5)6)41(38(24-33)30(7)8)35-19-17-20-36(43(35)47-46-48-44(13,14)21-18-22-45(48,15)16)42-39(31(9)10)25-34(28(3)4)26-40(42)32(11)12/h17,19-20,23-32H,18,21-22H2,1-16H3. The molecule has 0 atom stereocenters. The quantitative estimate of drug-likeness (QED) is 0.200. The van der Waals surface area contributed by atoms with Crippen molar-refractivity contribution in [2.24, 2.45) is 4.90 Å². The van der Waals surface area contributed by atoms with Crippen LogP contribution in [-0.4, -0.2) is 23.1 Å². The minimum atomic E-state index is 0.0382. The molecule has 48 heavy (non-hydrogen) atoms. The third kappa shape index (κ3) is 7.71. The van der Waals surface area contributed by atoms with E-state index in [0.29, 0.717) is 35.5 Å². The van der Waals surface area contributed by atoms with Crippen LogP contribution in [0.15, 0.2) is 47.4 Å². The van der Waals surface area contributed by atoms with E-state index in [1.54, 1.807) is 0 Å². The van der Waals surface area contributed by atoms with Crippen molar-refractivity contribution in [2.45, 2.75) is 177 Å². The molecule has 1 saturated heterocycles. The van der Waals surface area contributed by atoms with E-state index >= 15 is 0 Å². The van der Waals surface area contributed by atoms with Gasteiger partial charge in [0.25, 0.3) is 0 Å². The van der Waals surface area contributed by atoms with Gasteiger partial charge in [-0.25, -0.2) is 0 Å². The van der Waals surface area contributed by atoms with Gasteiger partial charge < -0.3 is 0 Å². The number of hydrogen-bond donors (Lipinski definition) is 0. The van der Waals surface area contributed by atoms with Crippen molar-refractivity contribution < 1.29 is 0 Å². The van der Waals surface area contributed by atoms with E-state index in [0.717, 1.165) is 5.69 Å². The van der Waals surface area contributed by atoms with E-state index in [4.69, 9.17) is 4.90 Å². The zero-order valence-electron chi connectivity index (χ0n) is 33.6. The molecule has 0 aliphatic carbocycles. The molecular weight excluding hydrogens is 579 g/mol. The molecule has 0 spiro atoms. The van der Waals surface area contributed by atoms with Gasteiger partial charge in [0.15, 0.2) is 0 Å². The third-order valence-electron chi connectivity index (χ3n) is 11.0. The Morgan fingerprint density at radius 2 is 0.875 bits per heavy atom. The normalized spacial score (nSPS) is 16.4. The van der Waals surface area contributed by atoms with Crippen molar-refractivity contribution >= 4 is 12.9 Å². The van der Waals surface area contributed by atoms with E-state index in [1.807, 2.05) is 0 Å². The fraction of sp³-hybridized carbons (Fsp3) is 0.600. The van der Waals surface area contributed by atoms with E-state index in [2.05, 4.69) is 165 Å². The van der Waals surface area contributed by atoms with Crippen LogP contribution < -0.4 is 0 Å². The second-order valence-electron chi connectivity index (χ2n) is 17.9. The molecule has 0 radical (unpaired) electrons. The summed E-state index contributed by atoms with van der Waals surface area (Å²) in [7, 11) is 2.22. The molecule has 4 rings (SSSR count). The van der Waals surface area contributed by atoms with Gasteiger partial charge in [0.1, 0.15) is 0 Å². The van der Waals surface area contributed by atoms with Crippen molar-refractivity contribution in [2.75, 3.05) is 0 Å². The summed E-state index contributed by atoms with van der Waals surface area (Å²) in [6, 6.07) is 17.0. The topological polar surface area (TPSA) is 15.6 Å². The first-order valence-corrected chi connectivity index (χ1v) is 19.1. The van der Waals surface area contributed by atoms with Crippen LogP contribution in [0.1, 0.15) is 199 Å². The van der Waals surface area contributed by atoms with Crippen LogP contribution in [0, 0.1) is 0 Å². The first kappa shape index (κ1) is 38.1. The van der Waals surface area contributed by atoms with Gasteiger partial charge in [-0.2, -0.15) is 0 Å². The maximum absolute atomic E-state index is 5.69. The van der Waals surface area contributed by atoms with Crippen molar-refractivity contribution in [1.82, 2.24) is 4.81 Å². The van der Waals surface area contributed by atoms with E-state index in [-0.39, 0.29) is 11.1 Å². The van der Waals surface area contributed by atoms with Gasteiger partial charge in [0.05, 0.1) is 0 Å². The molecule has 0 aromatic heterocycles. The SMILES string of the molecule is CC(C)c1cc(C(C)C)c(-c2cccc(-c3c(C(C)C)cc(C(C)C)cc3C(C)C)c2N=BN2C(C)(C)CCCC2(C)C)c(C(C)C)c1. The van der Waals surface area contributed by atoms with Gasteiger partial charge >= 0.3 is 297 Å². The van der Waals surface area contributed by atoms with Crippen LogP contribution in [-0.2, 0) is 0 Å². The molecule has 2 nitrogen and oxygen atoms in total. The Morgan fingerprint density at radius 1 is 0.542 bits per heavy atom. The molecule has 0 unspecified atom stereocenters. The van der Waals surface area contributed by atoms with E-state index < -0.39 is 0 Å². The van der Waals surface area contributed by atoms with Gasteiger partial charge in [-0.05, 0) is 0 Å². The summed E-state index contributed by atoms with van der Waals surface area (Å²) in [4.78, 5) is 8.25. The zero-order chi connectivity index (χ0) is 35.9. The predicted octanol–water partition coefficient (Wildman–Crippen LogP) is 14.2. The summed E-state index contributed by atoms with van der Waals surface area (Å²) >= 11 is 0. The Balaban J connectivity index is 2.21. The molecule has 1 fully saturated rings. The van der Waals surface area contributed by atoms with E-state index in [1.165, 1.54) is 74.9 Å². The molecule has 1 aliphatic heterocycles. The molecular formula is C45H67BN2. The molecule has 1 heterocycles. The Kier molecular flexibility index (Phi) is 11.6. The monoisotopic (exact) mass is 647 g/mol. The summed E-state index contributed by atoms with van der Waals surface area (Å²) in [5, 5.41) is 0. The van der Waals surface area contributed by atoms with Crippen molar-refractivity contribution in [3.8, 4) is 22.3 Å². The van der Waals surface area contributed by atoms with Gasteiger partial charge in [0, 0.05) is 0 Å². The van der Waals surface area contributed by atoms with E-state index in [9.17, 15) is 0 Å². The Hall–Kier alpha value is -2.68. The average Bonchev–Trinajstić information content (AvgIpc) is 2.98. The second-order valence-corrected chi connectivity index (χ2v) is 17.9. The molecule has 260 valence electrons. The van der Waals surface area contributed by atoms with Gasteiger partial charge in [-0.15, -0.1) is 0 Å². The van der Waals surface area contributed by atoms with Crippen LogP contribution in [0.2, 0.25) is 0 Å². The Bertz CT molecular complexity index is 1450. The van der Waals surface area contributed by atoms with Crippen LogP contribution in [0.5, 0.6) is 0 Å². The molecule has 0 bridgehead atoms. The van der Waals surface area contributed by atoms with Crippen LogP contribution in [0.25, 0.3) is 22.3 Å². The number of nitrogens with zero attached hydrogens (tertiary/aromatic N) is 2. The summed E-state index contributed by atoms with van der Waals surface area (Å²) in [5.74, 6) is 2.50. The number of rotatable bonds is 10. The van der Waals surface area contributed by atoms with Crippen LogP contribution >= 0.6 is 0 Å². The zero-order valence-corrected chi connectivity index (χ0v) is 33.6. The minimum absolute atomic E-state index is 0.0382. The van der Waals surface area contributed by atoms with Crippen LogP contribution in [0.4, 0.5) is 5.69 Å². The summed E-state index contributed by atoms with van der Waals surface area (Å²) in [6.07, 6.45) is 3.60. The van der Waals surface area contributed by atoms with Gasteiger partial charge in [0.2, 0.25) is 0 Å². The molecule has 3 aromatic rings. The number of hydrogen-bond acceptors (Lipinski definition) is 1. The molecule has 0 N–H and O–H groups in total. The molecule has 1 aliphatic rings. The fourth-order valence-corrected chi connectivity index (χ4v) is 8.06. The van der Waals surface area contributed by atoms with Gasteiger partial charge in [-0.3, -0.25) is 0 Å². The van der Waals surface area contributed by atoms with Crippen molar-refractivity contribution in [3.63, 3.8) is 0 Å². The molecule has 0 amide bonds. The molecule has 3 aromatic carbocycles. The van der Waals surface area contributed by atoms with Crippen molar-refractivity contribution in [1.29, 1.82) is 0 Å². The first-order chi connectivity index (χ1) is 22.3. The van der Waals surface area contributed by atoms with Gasteiger partial charge in [-0.1, -0.05) is 0 Å².